The normalized spacial score (nSPS) is 26.0. The quantitative estimate of drug-likeness (QED) is 0.701. The number of carbonyl (C=O) groups is 2. The van der Waals surface area contributed by atoms with Crippen molar-refractivity contribution in [3.63, 3.8) is 0 Å². The fourth-order valence-corrected chi connectivity index (χ4v) is 2.66. The van der Waals surface area contributed by atoms with Gasteiger partial charge < -0.3 is 15.3 Å². The summed E-state index contributed by atoms with van der Waals surface area (Å²) in [4.78, 5) is 26.7. The molecule has 1 atom stereocenters. The molecule has 6 heteroatoms. The molecule has 0 aliphatic carbocycles. The third-order valence-corrected chi connectivity index (χ3v) is 3.62. The third kappa shape index (κ3) is 3.43. The van der Waals surface area contributed by atoms with Gasteiger partial charge in [-0.05, 0) is 25.8 Å². The summed E-state index contributed by atoms with van der Waals surface area (Å²) < 4.78 is 0. The zero-order valence-electron chi connectivity index (χ0n) is 10.6. The van der Waals surface area contributed by atoms with Crippen LogP contribution in [0.15, 0.2) is 0 Å². The maximum absolute atomic E-state index is 12.2. The van der Waals surface area contributed by atoms with Crippen molar-refractivity contribution >= 4 is 11.9 Å². The first-order chi connectivity index (χ1) is 8.66. The molecule has 1 amide bonds. The molecule has 0 spiro atoms. The van der Waals surface area contributed by atoms with Gasteiger partial charge in [0.1, 0.15) is 0 Å². The van der Waals surface area contributed by atoms with Gasteiger partial charge in [0, 0.05) is 26.2 Å². The molecular formula is C12H21N3O3. The predicted octanol–water partition coefficient (Wildman–Crippen LogP) is -0.643. The van der Waals surface area contributed by atoms with E-state index in [4.69, 9.17) is 5.11 Å². The zero-order chi connectivity index (χ0) is 13.0. The van der Waals surface area contributed by atoms with E-state index in [0.717, 1.165) is 38.9 Å². The van der Waals surface area contributed by atoms with E-state index in [0.29, 0.717) is 13.1 Å². The van der Waals surface area contributed by atoms with Gasteiger partial charge in [-0.1, -0.05) is 0 Å². The van der Waals surface area contributed by atoms with Crippen molar-refractivity contribution in [2.24, 2.45) is 0 Å². The van der Waals surface area contributed by atoms with E-state index >= 15 is 0 Å². The molecule has 2 aliphatic rings. The first-order valence-corrected chi connectivity index (χ1v) is 6.63. The van der Waals surface area contributed by atoms with Crippen LogP contribution in [0.5, 0.6) is 0 Å². The van der Waals surface area contributed by atoms with Crippen molar-refractivity contribution < 1.29 is 14.7 Å². The van der Waals surface area contributed by atoms with E-state index in [1.54, 1.807) is 0 Å². The average molecular weight is 255 g/mol. The highest BCUT2D eigenvalue weighted by atomic mass is 16.4. The van der Waals surface area contributed by atoms with Gasteiger partial charge >= 0.3 is 5.97 Å². The van der Waals surface area contributed by atoms with Gasteiger partial charge in [-0.15, -0.1) is 0 Å². The first kappa shape index (κ1) is 13.3. The Bertz CT molecular complexity index is 316. The molecule has 2 fully saturated rings. The Labute approximate surface area is 107 Å². The van der Waals surface area contributed by atoms with Crippen LogP contribution in [0.1, 0.15) is 19.3 Å². The van der Waals surface area contributed by atoms with Crippen molar-refractivity contribution in [2.75, 3.05) is 39.3 Å². The summed E-state index contributed by atoms with van der Waals surface area (Å²) in [5.41, 5.74) is 0. The van der Waals surface area contributed by atoms with Gasteiger partial charge in [0.15, 0.2) is 0 Å². The van der Waals surface area contributed by atoms with Crippen LogP contribution >= 0.6 is 0 Å². The fraction of sp³-hybridized carbons (Fsp3) is 0.833. The molecule has 2 N–H and O–H groups in total. The molecule has 2 saturated heterocycles. The Balaban J connectivity index is 1.84. The predicted molar refractivity (Wildman–Crippen MR) is 66.3 cm³/mol. The van der Waals surface area contributed by atoms with E-state index in [2.05, 4.69) is 5.32 Å². The Kier molecular flexibility index (Phi) is 4.54. The maximum Gasteiger partial charge on any atom is 0.317 e. The van der Waals surface area contributed by atoms with Crippen LogP contribution in [0.2, 0.25) is 0 Å². The average Bonchev–Trinajstić information content (AvgIpc) is 2.76. The summed E-state index contributed by atoms with van der Waals surface area (Å²) in [6.45, 7) is 3.80. The Hall–Kier alpha value is -1.14. The number of rotatable bonds is 3. The number of amides is 1. The summed E-state index contributed by atoms with van der Waals surface area (Å²) >= 11 is 0. The summed E-state index contributed by atoms with van der Waals surface area (Å²) in [5, 5.41) is 12.0. The topological polar surface area (TPSA) is 72.9 Å². The van der Waals surface area contributed by atoms with Crippen molar-refractivity contribution in [3.8, 4) is 0 Å². The molecule has 2 heterocycles. The highest BCUT2D eigenvalue weighted by molar-refractivity contribution is 5.82. The Morgan fingerprint density at radius 1 is 1.17 bits per heavy atom. The molecule has 0 aromatic rings. The molecule has 6 nitrogen and oxygen atoms in total. The van der Waals surface area contributed by atoms with Gasteiger partial charge in [0.05, 0.1) is 12.6 Å². The van der Waals surface area contributed by atoms with Crippen molar-refractivity contribution in [1.82, 2.24) is 15.1 Å². The molecule has 18 heavy (non-hydrogen) atoms. The van der Waals surface area contributed by atoms with E-state index in [9.17, 15) is 9.59 Å². The molecule has 102 valence electrons. The van der Waals surface area contributed by atoms with Crippen LogP contribution in [-0.4, -0.2) is 72.1 Å². The third-order valence-electron chi connectivity index (χ3n) is 3.62. The molecule has 2 rings (SSSR count). The van der Waals surface area contributed by atoms with Crippen LogP contribution in [0.4, 0.5) is 0 Å². The van der Waals surface area contributed by atoms with Gasteiger partial charge in [-0.3, -0.25) is 14.5 Å². The molecule has 0 saturated carbocycles. The monoisotopic (exact) mass is 255 g/mol. The zero-order valence-corrected chi connectivity index (χ0v) is 10.6. The first-order valence-electron chi connectivity index (χ1n) is 6.63. The maximum atomic E-state index is 12.2. The standard InChI is InChI=1S/C12H21N3O3/c16-11(17)9-14-5-2-6-15(8-7-14)12(18)10-3-1-4-13-10/h10,13H,1-9H2,(H,16,17)/t10-/m1/s1. The van der Waals surface area contributed by atoms with Crippen molar-refractivity contribution in [1.29, 1.82) is 0 Å². The number of hydrogen-bond acceptors (Lipinski definition) is 4. The van der Waals surface area contributed by atoms with Crippen LogP contribution in [-0.2, 0) is 9.59 Å². The summed E-state index contributed by atoms with van der Waals surface area (Å²) in [6.07, 6.45) is 2.84. The molecule has 0 unspecified atom stereocenters. The number of hydrogen-bond donors (Lipinski definition) is 2. The van der Waals surface area contributed by atoms with Gasteiger partial charge in [-0.25, -0.2) is 0 Å². The van der Waals surface area contributed by atoms with E-state index in [1.807, 2.05) is 9.80 Å². The molecular weight excluding hydrogens is 234 g/mol. The Morgan fingerprint density at radius 2 is 2.00 bits per heavy atom. The highest BCUT2D eigenvalue weighted by Gasteiger charge is 2.28. The largest absolute Gasteiger partial charge is 0.480 e. The second-order valence-electron chi connectivity index (χ2n) is 5.00. The molecule has 2 aliphatic heterocycles. The van der Waals surface area contributed by atoms with Gasteiger partial charge in [-0.2, -0.15) is 0 Å². The van der Waals surface area contributed by atoms with Crippen molar-refractivity contribution in [3.05, 3.63) is 0 Å². The lowest BCUT2D eigenvalue weighted by molar-refractivity contribution is -0.138. The summed E-state index contributed by atoms with van der Waals surface area (Å²) in [5.74, 6) is -0.614. The molecule has 0 radical (unpaired) electrons. The lowest BCUT2D eigenvalue weighted by Gasteiger charge is -2.24. The van der Waals surface area contributed by atoms with E-state index < -0.39 is 5.97 Å². The lowest BCUT2D eigenvalue weighted by Crippen LogP contribution is -2.45. The van der Waals surface area contributed by atoms with Gasteiger partial charge in [0.2, 0.25) is 5.91 Å². The molecule has 0 bridgehead atoms. The molecule has 0 aromatic heterocycles. The minimum absolute atomic E-state index is 0.0176. The number of nitrogens with one attached hydrogen (secondary N) is 1. The van der Waals surface area contributed by atoms with Crippen molar-refractivity contribution in [2.45, 2.75) is 25.3 Å². The smallest absolute Gasteiger partial charge is 0.317 e. The lowest BCUT2D eigenvalue weighted by atomic mass is 10.2. The van der Waals surface area contributed by atoms with Crippen LogP contribution in [0.3, 0.4) is 0 Å². The second-order valence-corrected chi connectivity index (χ2v) is 5.00. The number of carboxylic acid groups (broad SMARTS) is 1. The number of nitrogens with zero attached hydrogens (tertiary/aromatic N) is 2. The minimum Gasteiger partial charge on any atom is -0.480 e. The second kappa shape index (κ2) is 6.15. The summed E-state index contributed by atoms with van der Waals surface area (Å²) in [7, 11) is 0. The highest BCUT2D eigenvalue weighted by Crippen LogP contribution is 2.11. The Morgan fingerprint density at radius 3 is 2.67 bits per heavy atom. The number of carbonyl (C=O) groups excluding carboxylic acids is 1. The SMILES string of the molecule is O=C(O)CN1CCCN(C(=O)[C@H]2CCCN2)CC1. The summed E-state index contributed by atoms with van der Waals surface area (Å²) in [6, 6.07) is -0.0176. The van der Waals surface area contributed by atoms with E-state index in [-0.39, 0.29) is 18.5 Å². The van der Waals surface area contributed by atoms with Gasteiger partial charge in [0.25, 0.3) is 0 Å². The molecule has 0 aromatic carbocycles. The van der Waals surface area contributed by atoms with E-state index in [1.165, 1.54) is 0 Å². The number of carboxylic acids is 1. The van der Waals surface area contributed by atoms with Crippen LogP contribution in [0.25, 0.3) is 0 Å². The minimum atomic E-state index is -0.799. The van der Waals surface area contributed by atoms with Crippen LogP contribution < -0.4 is 5.32 Å². The number of aliphatic carboxylic acids is 1. The fourth-order valence-electron chi connectivity index (χ4n) is 2.66. The van der Waals surface area contributed by atoms with Crippen LogP contribution in [0, 0.1) is 0 Å².